The zero-order chi connectivity index (χ0) is 18.0. The molecule has 0 bridgehead atoms. The first-order valence-electron chi connectivity index (χ1n) is 7.74. The van der Waals surface area contributed by atoms with Crippen molar-refractivity contribution in [3.8, 4) is 5.75 Å². The second-order valence-corrected chi connectivity index (χ2v) is 6.05. The fourth-order valence-corrected chi connectivity index (χ4v) is 2.64. The molecule has 3 aromatic rings. The predicted octanol–water partition coefficient (Wildman–Crippen LogP) is 4.24. The predicted molar refractivity (Wildman–Crippen MR) is 98.5 cm³/mol. The fourth-order valence-electron chi connectivity index (χ4n) is 2.47. The highest BCUT2D eigenvalue weighted by Crippen LogP contribution is 2.28. The number of aromatic nitrogens is 1. The van der Waals surface area contributed by atoms with Gasteiger partial charge in [-0.1, -0.05) is 11.6 Å². The van der Waals surface area contributed by atoms with Gasteiger partial charge >= 0.3 is 0 Å². The summed E-state index contributed by atoms with van der Waals surface area (Å²) in [7, 11) is 1.54. The van der Waals surface area contributed by atoms with Crippen LogP contribution < -0.4 is 15.4 Å². The maximum absolute atomic E-state index is 12.5. The van der Waals surface area contributed by atoms with Crippen LogP contribution in [0.3, 0.4) is 0 Å². The molecule has 1 amide bonds. The highest BCUT2D eigenvalue weighted by atomic mass is 35.5. The summed E-state index contributed by atoms with van der Waals surface area (Å²) in [5.74, 6) is 0.937. The molecule has 6 nitrogen and oxygen atoms in total. The second kappa shape index (κ2) is 7.03. The van der Waals surface area contributed by atoms with E-state index in [0.29, 0.717) is 27.9 Å². The van der Waals surface area contributed by atoms with Gasteiger partial charge in [-0.25, -0.2) is 4.98 Å². The number of ether oxygens (including phenoxy) is 1. The van der Waals surface area contributed by atoms with E-state index in [4.69, 9.17) is 20.8 Å². The van der Waals surface area contributed by atoms with Crippen molar-refractivity contribution < 1.29 is 13.9 Å². The Bertz CT molecular complexity index is 923. The summed E-state index contributed by atoms with van der Waals surface area (Å²) in [6.07, 6.45) is 0. The molecular weight excluding hydrogens is 342 g/mol. The van der Waals surface area contributed by atoms with Gasteiger partial charge in [0, 0.05) is 17.6 Å². The Balaban J connectivity index is 1.72. The zero-order valence-corrected chi connectivity index (χ0v) is 14.8. The average molecular weight is 360 g/mol. The SMILES string of the molecule is COc1ccc(Cl)cc1NC(=O)[C@@H](C)Nc1ccc2oc(C)nc2c1. The van der Waals surface area contributed by atoms with E-state index >= 15 is 0 Å². The number of benzene rings is 2. The Morgan fingerprint density at radius 2 is 2.08 bits per heavy atom. The van der Waals surface area contributed by atoms with Gasteiger partial charge in [0.1, 0.15) is 17.3 Å². The van der Waals surface area contributed by atoms with Crippen LogP contribution in [0.4, 0.5) is 11.4 Å². The van der Waals surface area contributed by atoms with Gasteiger partial charge in [-0.3, -0.25) is 4.79 Å². The lowest BCUT2D eigenvalue weighted by atomic mass is 10.2. The normalized spacial score (nSPS) is 12.0. The molecular formula is C18H18ClN3O3. The third-order valence-electron chi connectivity index (χ3n) is 3.69. The molecule has 0 saturated carbocycles. The Hall–Kier alpha value is -2.73. The summed E-state index contributed by atoms with van der Waals surface area (Å²) in [6, 6.07) is 10.1. The van der Waals surface area contributed by atoms with Crippen LogP contribution >= 0.6 is 11.6 Å². The number of oxazole rings is 1. The zero-order valence-electron chi connectivity index (χ0n) is 14.1. The number of amides is 1. The molecule has 0 fully saturated rings. The van der Waals surface area contributed by atoms with Crippen molar-refractivity contribution in [1.82, 2.24) is 4.98 Å². The summed E-state index contributed by atoms with van der Waals surface area (Å²) < 4.78 is 10.7. The molecule has 0 aliphatic rings. The van der Waals surface area contributed by atoms with Crippen LogP contribution in [0.1, 0.15) is 12.8 Å². The molecule has 1 heterocycles. The minimum atomic E-state index is -0.478. The highest BCUT2D eigenvalue weighted by Gasteiger charge is 2.16. The van der Waals surface area contributed by atoms with E-state index in [2.05, 4.69) is 15.6 Å². The van der Waals surface area contributed by atoms with Gasteiger partial charge < -0.3 is 19.8 Å². The van der Waals surface area contributed by atoms with E-state index in [1.54, 1.807) is 32.0 Å². The standard InChI is InChI=1S/C18H18ClN3O3/c1-10(18(23)22-14-8-12(19)4-6-16(14)24-3)20-13-5-7-17-15(9-13)21-11(2)25-17/h4-10,20H,1-3H3,(H,22,23)/t10-/m1/s1. The number of carbonyl (C=O) groups excluding carboxylic acids is 1. The number of carbonyl (C=O) groups is 1. The number of aryl methyl sites for hydroxylation is 1. The maximum Gasteiger partial charge on any atom is 0.246 e. The van der Waals surface area contributed by atoms with Crippen LogP contribution in [0.5, 0.6) is 5.75 Å². The van der Waals surface area contributed by atoms with Crippen molar-refractivity contribution in [2.24, 2.45) is 0 Å². The van der Waals surface area contributed by atoms with Crippen LogP contribution in [-0.2, 0) is 4.79 Å². The van der Waals surface area contributed by atoms with Gasteiger partial charge in [0.05, 0.1) is 12.8 Å². The summed E-state index contributed by atoms with van der Waals surface area (Å²) in [5.41, 5.74) is 2.76. The molecule has 25 heavy (non-hydrogen) atoms. The Labute approximate surface area is 150 Å². The van der Waals surface area contributed by atoms with Crippen LogP contribution in [0.25, 0.3) is 11.1 Å². The van der Waals surface area contributed by atoms with Gasteiger partial charge in [-0.15, -0.1) is 0 Å². The minimum Gasteiger partial charge on any atom is -0.495 e. The average Bonchev–Trinajstić information content (AvgIpc) is 2.94. The third-order valence-corrected chi connectivity index (χ3v) is 3.93. The van der Waals surface area contributed by atoms with Crippen LogP contribution in [0.2, 0.25) is 5.02 Å². The van der Waals surface area contributed by atoms with Gasteiger partial charge in [0.2, 0.25) is 5.91 Å². The monoisotopic (exact) mass is 359 g/mol. The quantitative estimate of drug-likeness (QED) is 0.712. The molecule has 130 valence electrons. The van der Waals surface area contributed by atoms with Gasteiger partial charge in [0.25, 0.3) is 0 Å². The maximum atomic E-state index is 12.5. The lowest BCUT2D eigenvalue weighted by Gasteiger charge is -2.16. The van der Waals surface area contributed by atoms with Crippen LogP contribution in [-0.4, -0.2) is 24.0 Å². The summed E-state index contributed by atoms with van der Waals surface area (Å²) in [4.78, 5) is 16.7. The Morgan fingerprint density at radius 1 is 1.28 bits per heavy atom. The van der Waals surface area contributed by atoms with Crippen LogP contribution in [0.15, 0.2) is 40.8 Å². The van der Waals surface area contributed by atoms with Gasteiger partial charge in [-0.2, -0.15) is 0 Å². The lowest BCUT2D eigenvalue weighted by Crippen LogP contribution is -2.32. The van der Waals surface area contributed by atoms with Crippen molar-refractivity contribution in [1.29, 1.82) is 0 Å². The van der Waals surface area contributed by atoms with E-state index in [9.17, 15) is 4.79 Å². The number of rotatable bonds is 5. The minimum absolute atomic E-state index is 0.211. The molecule has 0 spiro atoms. The smallest absolute Gasteiger partial charge is 0.246 e. The van der Waals surface area contributed by atoms with Gasteiger partial charge in [-0.05, 0) is 43.3 Å². The number of nitrogens with one attached hydrogen (secondary N) is 2. The highest BCUT2D eigenvalue weighted by molar-refractivity contribution is 6.31. The number of halogens is 1. The molecule has 2 aromatic carbocycles. The first-order valence-corrected chi connectivity index (χ1v) is 8.12. The Morgan fingerprint density at radius 3 is 2.84 bits per heavy atom. The number of fused-ring (bicyclic) bond motifs is 1. The molecule has 1 aromatic heterocycles. The molecule has 3 rings (SSSR count). The molecule has 0 saturated heterocycles. The van der Waals surface area contributed by atoms with E-state index in [1.807, 2.05) is 18.2 Å². The van der Waals surface area contributed by atoms with Crippen molar-refractivity contribution in [3.05, 3.63) is 47.3 Å². The van der Waals surface area contributed by atoms with E-state index in [-0.39, 0.29) is 5.91 Å². The number of anilines is 2. The van der Waals surface area contributed by atoms with E-state index < -0.39 is 6.04 Å². The topological polar surface area (TPSA) is 76.4 Å². The molecule has 0 radical (unpaired) electrons. The van der Waals surface area contributed by atoms with Crippen molar-refractivity contribution in [2.75, 3.05) is 17.7 Å². The molecule has 0 aliphatic carbocycles. The number of nitrogens with zero attached hydrogens (tertiary/aromatic N) is 1. The van der Waals surface area contributed by atoms with Crippen LogP contribution in [0, 0.1) is 6.92 Å². The number of hydrogen-bond acceptors (Lipinski definition) is 5. The molecule has 0 aliphatic heterocycles. The first-order chi connectivity index (χ1) is 12.0. The summed E-state index contributed by atoms with van der Waals surface area (Å²) >= 11 is 5.99. The molecule has 0 unspecified atom stereocenters. The summed E-state index contributed by atoms with van der Waals surface area (Å²) in [6.45, 7) is 3.56. The second-order valence-electron chi connectivity index (χ2n) is 5.62. The third kappa shape index (κ3) is 3.85. The molecule has 7 heteroatoms. The number of methoxy groups -OCH3 is 1. The molecule has 2 N–H and O–H groups in total. The first kappa shape index (κ1) is 17.1. The van der Waals surface area contributed by atoms with E-state index in [0.717, 1.165) is 11.2 Å². The number of hydrogen-bond donors (Lipinski definition) is 2. The van der Waals surface area contributed by atoms with Gasteiger partial charge in [0.15, 0.2) is 11.5 Å². The van der Waals surface area contributed by atoms with Crippen molar-refractivity contribution in [2.45, 2.75) is 19.9 Å². The fraction of sp³-hybridized carbons (Fsp3) is 0.222. The molecule has 1 atom stereocenters. The largest absolute Gasteiger partial charge is 0.495 e. The van der Waals surface area contributed by atoms with Crippen molar-refractivity contribution >= 4 is 40.0 Å². The van der Waals surface area contributed by atoms with Crippen molar-refractivity contribution in [3.63, 3.8) is 0 Å². The summed E-state index contributed by atoms with van der Waals surface area (Å²) in [5, 5.41) is 6.48. The van der Waals surface area contributed by atoms with E-state index in [1.165, 1.54) is 7.11 Å². The lowest BCUT2D eigenvalue weighted by molar-refractivity contribution is -0.116. The Kier molecular flexibility index (Phi) is 4.81.